The van der Waals surface area contributed by atoms with Gasteiger partial charge in [-0.25, -0.2) is 4.79 Å². The van der Waals surface area contributed by atoms with Gasteiger partial charge < -0.3 is 4.74 Å². The summed E-state index contributed by atoms with van der Waals surface area (Å²) in [5.74, 6) is -0.768. The highest BCUT2D eigenvalue weighted by Gasteiger charge is 2.48. The van der Waals surface area contributed by atoms with Crippen LogP contribution in [0.2, 0.25) is 0 Å². The van der Waals surface area contributed by atoms with E-state index < -0.39 is 12.1 Å². The summed E-state index contributed by atoms with van der Waals surface area (Å²) in [6, 6.07) is 9.03. The third-order valence-corrected chi connectivity index (χ3v) is 4.15. The van der Waals surface area contributed by atoms with Gasteiger partial charge >= 0.3 is 6.03 Å². The molecule has 3 amide bonds. The fraction of sp³-hybridized carbons (Fsp3) is 0.385. The Kier molecular flexibility index (Phi) is 3.28. The van der Waals surface area contributed by atoms with Gasteiger partial charge in [0.25, 0.3) is 0 Å². The lowest BCUT2D eigenvalue weighted by Crippen LogP contribution is -2.56. The topological polar surface area (TPSA) is 58.6 Å². The minimum Gasteiger partial charge on any atom is -0.351 e. The number of rotatable bonds is 2. The summed E-state index contributed by atoms with van der Waals surface area (Å²) in [6.45, 7) is 0.498. The highest BCUT2D eigenvalue weighted by Crippen LogP contribution is 2.33. The third-order valence-electron chi connectivity index (χ3n) is 3.43. The number of halogens is 1. The number of imide groups is 1. The molecule has 6 heteroatoms. The third kappa shape index (κ3) is 2.15. The molecule has 1 aromatic carbocycles. The number of hydrogen-bond acceptors (Lipinski definition) is 3. The molecule has 1 N–H and O–H groups in total. The zero-order valence-electron chi connectivity index (χ0n) is 10.1. The van der Waals surface area contributed by atoms with Crippen LogP contribution < -0.4 is 5.32 Å². The van der Waals surface area contributed by atoms with E-state index in [1.807, 2.05) is 30.3 Å². The van der Waals surface area contributed by atoms with Crippen molar-refractivity contribution in [2.75, 3.05) is 11.9 Å². The second kappa shape index (κ2) is 4.94. The molecule has 3 rings (SSSR count). The van der Waals surface area contributed by atoms with Crippen LogP contribution in [0.1, 0.15) is 11.5 Å². The first kappa shape index (κ1) is 12.6. The number of nitrogens with one attached hydrogen (secondary N) is 1. The summed E-state index contributed by atoms with van der Waals surface area (Å²) in [6.07, 6.45) is -0.584. The molecular weight excluding hydrogens is 312 g/mol. The highest BCUT2D eigenvalue weighted by atomic mass is 79.9. The Morgan fingerprint density at radius 3 is 2.74 bits per heavy atom. The van der Waals surface area contributed by atoms with E-state index in [-0.39, 0.29) is 18.0 Å². The van der Waals surface area contributed by atoms with Crippen LogP contribution in [0.3, 0.4) is 0 Å². The molecule has 0 saturated carbocycles. The van der Waals surface area contributed by atoms with Gasteiger partial charge in [-0.3, -0.25) is 15.0 Å². The van der Waals surface area contributed by atoms with Crippen LogP contribution in [-0.4, -0.2) is 41.0 Å². The maximum atomic E-state index is 12.1. The first-order valence-electron chi connectivity index (χ1n) is 6.08. The van der Waals surface area contributed by atoms with Gasteiger partial charge in [0.05, 0.1) is 12.6 Å². The predicted molar refractivity (Wildman–Crippen MR) is 71.9 cm³/mol. The quantitative estimate of drug-likeness (QED) is 0.837. The average Bonchev–Trinajstić information content (AvgIpc) is 2.84. The van der Waals surface area contributed by atoms with Crippen LogP contribution in [0.4, 0.5) is 4.79 Å². The summed E-state index contributed by atoms with van der Waals surface area (Å²) in [5.41, 5.74) is 0.859. The Labute approximate surface area is 119 Å². The number of fused-ring (bicyclic) bond motifs is 1. The van der Waals surface area contributed by atoms with Crippen molar-refractivity contribution in [2.45, 2.75) is 18.2 Å². The molecule has 0 aliphatic carbocycles. The first-order chi connectivity index (χ1) is 9.20. The number of ether oxygens (including phenoxy) is 1. The lowest BCUT2D eigenvalue weighted by molar-refractivity contribution is -0.129. The van der Waals surface area contributed by atoms with Gasteiger partial charge in [0.15, 0.2) is 0 Å². The van der Waals surface area contributed by atoms with Crippen LogP contribution in [0.25, 0.3) is 0 Å². The van der Waals surface area contributed by atoms with Crippen molar-refractivity contribution in [2.24, 2.45) is 0 Å². The smallest absolute Gasteiger partial charge is 0.326 e. The fourth-order valence-corrected chi connectivity index (χ4v) is 2.90. The number of alkyl halides is 1. The van der Waals surface area contributed by atoms with E-state index in [2.05, 4.69) is 21.2 Å². The van der Waals surface area contributed by atoms with Crippen molar-refractivity contribution in [3.63, 3.8) is 0 Å². The van der Waals surface area contributed by atoms with Crippen molar-refractivity contribution < 1.29 is 14.3 Å². The molecule has 0 aromatic heterocycles. The minimum absolute atomic E-state index is 0.0761. The average molecular weight is 325 g/mol. The standard InChI is InChI=1S/C13H13BrN2O3/c14-6-9-7-16-12(19-9)10(11(17)15-13(16)18)8-4-2-1-3-5-8/h1-5,9-10,12H,6-7H2,(H,15,17,18)/t9-,10+,12+/m0/s1. The number of nitrogens with zero attached hydrogens (tertiary/aromatic N) is 1. The largest absolute Gasteiger partial charge is 0.351 e. The molecule has 0 spiro atoms. The van der Waals surface area contributed by atoms with Crippen molar-refractivity contribution in [3.8, 4) is 0 Å². The Hall–Kier alpha value is -1.40. The number of benzene rings is 1. The molecule has 0 unspecified atom stereocenters. The second-order valence-corrected chi connectivity index (χ2v) is 5.29. The van der Waals surface area contributed by atoms with Crippen LogP contribution >= 0.6 is 15.9 Å². The Morgan fingerprint density at radius 2 is 2.05 bits per heavy atom. The molecule has 0 radical (unpaired) electrons. The van der Waals surface area contributed by atoms with Gasteiger partial charge in [-0.2, -0.15) is 0 Å². The van der Waals surface area contributed by atoms with E-state index in [4.69, 9.17) is 4.74 Å². The van der Waals surface area contributed by atoms with Gasteiger partial charge in [-0.1, -0.05) is 46.3 Å². The number of amides is 3. The molecule has 19 heavy (non-hydrogen) atoms. The molecule has 2 aliphatic rings. The van der Waals surface area contributed by atoms with Crippen LogP contribution in [-0.2, 0) is 9.53 Å². The van der Waals surface area contributed by atoms with Crippen molar-refractivity contribution >= 4 is 27.9 Å². The van der Waals surface area contributed by atoms with Crippen LogP contribution in [0, 0.1) is 0 Å². The van der Waals surface area contributed by atoms with Crippen molar-refractivity contribution in [1.82, 2.24) is 10.2 Å². The first-order valence-corrected chi connectivity index (χ1v) is 7.20. The van der Waals surface area contributed by atoms with E-state index in [0.717, 1.165) is 5.56 Å². The van der Waals surface area contributed by atoms with Gasteiger partial charge in [0, 0.05) is 5.33 Å². The van der Waals surface area contributed by atoms with E-state index in [1.54, 1.807) is 4.90 Å². The molecule has 2 fully saturated rings. The van der Waals surface area contributed by atoms with Crippen molar-refractivity contribution in [1.29, 1.82) is 0 Å². The van der Waals surface area contributed by atoms with Crippen LogP contribution in [0.15, 0.2) is 30.3 Å². The molecule has 5 nitrogen and oxygen atoms in total. The molecule has 0 bridgehead atoms. The molecule has 2 aliphatic heterocycles. The maximum absolute atomic E-state index is 12.1. The Bertz CT molecular complexity index is 508. The monoisotopic (exact) mass is 324 g/mol. The van der Waals surface area contributed by atoms with E-state index in [1.165, 1.54) is 0 Å². The lowest BCUT2D eigenvalue weighted by Gasteiger charge is -2.34. The van der Waals surface area contributed by atoms with Crippen LogP contribution in [0.5, 0.6) is 0 Å². The highest BCUT2D eigenvalue weighted by molar-refractivity contribution is 9.09. The molecular formula is C13H13BrN2O3. The van der Waals surface area contributed by atoms with Gasteiger partial charge in [0.2, 0.25) is 5.91 Å². The summed E-state index contributed by atoms with van der Waals surface area (Å²) in [7, 11) is 0. The summed E-state index contributed by atoms with van der Waals surface area (Å²) in [5, 5.41) is 3.04. The molecule has 3 atom stereocenters. The second-order valence-electron chi connectivity index (χ2n) is 4.64. The van der Waals surface area contributed by atoms with E-state index in [9.17, 15) is 9.59 Å². The Balaban J connectivity index is 1.94. The molecule has 2 heterocycles. The van der Waals surface area contributed by atoms with Gasteiger partial charge in [0.1, 0.15) is 12.1 Å². The summed E-state index contributed by atoms with van der Waals surface area (Å²) in [4.78, 5) is 25.5. The molecule has 2 saturated heterocycles. The van der Waals surface area contributed by atoms with Gasteiger partial charge in [-0.15, -0.1) is 0 Å². The lowest BCUT2D eigenvalue weighted by atomic mass is 9.94. The number of hydrogen-bond donors (Lipinski definition) is 1. The number of urea groups is 1. The predicted octanol–water partition coefficient (Wildman–Crippen LogP) is 1.44. The van der Waals surface area contributed by atoms with E-state index in [0.29, 0.717) is 11.9 Å². The summed E-state index contributed by atoms with van der Waals surface area (Å²) >= 11 is 3.35. The van der Waals surface area contributed by atoms with E-state index >= 15 is 0 Å². The van der Waals surface area contributed by atoms with Crippen molar-refractivity contribution in [3.05, 3.63) is 35.9 Å². The number of carbonyl (C=O) groups excluding carboxylic acids is 2. The minimum atomic E-state index is -0.508. The zero-order chi connectivity index (χ0) is 13.4. The molecule has 1 aromatic rings. The zero-order valence-corrected chi connectivity index (χ0v) is 11.7. The fourth-order valence-electron chi connectivity index (χ4n) is 2.54. The maximum Gasteiger partial charge on any atom is 0.326 e. The normalized spacial score (nSPS) is 30.2. The number of carbonyl (C=O) groups is 2. The molecule has 100 valence electrons. The Morgan fingerprint density at radius 1 is 1.32 bits per heavy atom. The SMILES string of the molecule is O=C1NC(=O)N2C[C@H](CBr)O[C@@H]2[C@@H]1c1ccccc1. The van der Waals surface area contributed by atoms with Gasteiger partial charge in [-0.05, 0) is 5.56 Å². The summed E-state index contributed by atoms with van der Waals surface area (Å²) < 4.78 is 5.82.